The van der Waals surface area contributed by atoms with Gasteiger partial charge in [0.2, 0.25) is 0 Å². The number of fused-ring (bicyclic) bond motifs is 2. The predicted octanol–water partition coefficient (Wildman–Crippen LogP) is 3.59. The van der Waals surface area contributed by atoms with E-state index in [0.29, 0.717) is 5.96 Å². The second-order valence-electron chi connectivity index (χ2n) is 9.66. The van der Waals surface area contributed by atoms with Gasteiger partial charge in [-0.1, -0.05) is 12.5 Å². The summed E-state index contributed by atoms with van der Waals surface area (Å²) in [6, 6.07) is 6.14. The molecule has 2 N–H and O–H groups in total. The van der Waals surface area contributed by atoms with E-state index in [1.165, 1.54) is 25.7 Å². The summed E-state index contributed by atoms with van der Waals surface area (Å²) < 4.78 is 5.47. The van der Waals surface area contributed by atoms with Crippen molar-refractivity contribution in [2.45, 2.75) is 57.4 Å². The molecular formula is C23H31N3O2. The van der Waals surface area contributed by atoms with Crippen LogP contribution in [0.5, 0.6) is 5.75 Å². The quantitative estimate of drug-likeness (QED) is 0.870. The van der Waals surface area contributed by atoms with E-state index in [2.05, 4.69) is 6.07 Å². The Morgan fingerprint density at radius 2 is 2.04 bits per heavy atom. The molecule has 3 saturated carbocycles. The number of nitrogens with two attached hydrogens (primary N) is 1. The number of carbonyl (C=O) groups is 1. The standard InChI is InChI=1S/C23H31N3O2/c1-14-10-18(6-7-19(14)28-3)23(20(27)26(2)21(24)25-23)22-9-8-16-5-4-15(12-22)11-17(16)13-22/h6-7,10,15-17H,4-5,8-9,11-13H2,1-3H3,(H2,24,25)/t15?,16?,17?,22-,23-/m0/s1. The zero-order valence-electron chi connectivity index (χ0n) is 17.2. The monoisotopic (exact) mass is 381 g/mol. The van der Waals surface area contributed by atoms with Crippen molar-refractivity contribution in [3.05, 3.63) is 29.3 Å². The molecule has 5 rings (SSSR count). The number of guanidine groups is 1. The van der Waals surface area contributed by atoms with Crippen molar-refractivity contribution < 1.29 is 9.53 Å². The molecule has 4 aliphatic rings. The molecule has 3 aliphatic carbocycles. The molecule has 0 radical (unpaired) electrons. The van der Waals surface area contributed by atoms with E-state index in [0.717, 1.165) is 53.9 Å². The lowest BCUT2D eigenvalue weighted by atomic mass is 9.45. The summed E-state index contributed by atoms with van der Waals surface area (Å²) in [4.78, 5) is 20.4. The van der Waals surface area contributed by atoms with E-state index >= 15 is 0 Å². The van der Waals surface area contributed by atoms with Crippen LogP contribution in [0.25, 0.3) is 0 Å². The number of ether oxygens (including phenoxy) is 1. The van der Waals surface area contributed by atoms with Crippen molar-refractivity contribution in [2.24, 2.45) is 33.9 Å². The second kappa shape index (κ2) is 5.98. The molecule has 1 aliphatic heterocycles. The first kappa shape index (κ1) is 18.0. The molecule has 3 unspecified atom stereocenters. The molecule has 0 spiro atoms. The van der Waals surface area contributed by atoms with Gasteiger partial charge in [0.05, 0.1) is 7.11 Å². The molecule has 5 atom stereocenters. The lowest BCUT2D eigenvalue weighted by Crippen LogP contribution is -2.58. The number of methoxy groups -OCH3 is 1. The van der Waals surface area contributed by atoms with E-state index in [-0.39, 0.29) is 11.3 Å². The number of aryl methyl sites for hydroxylation is 1. The van der Waals surface area contributed by atoms with Crippen LogP contribution in [0.4, 0.5) is 0 Å². The van der Waals surface area contributed by atoms with Gasteiger partial charge in [-0.25, -0.2) is 4.99 Å². The van der Waals surface area contributed by atoms with E-state index in [9.17, 15) is 4.79 Å². The molecule has 5 heteroatoms. The van der Waals surface area contributed by atoms with Gasteiger partial charge in [-0.05, 0) is 86.5 Å². The Bertz CT molecular complexity index is 861. The third-order valence-electron chi connectivity index (χ3n) is 8.39. The first-order valence-corrected chi connectivity index (χ1v) is 10.7. The Morgan fingerprint density at radius 3 is 2.71 bits per heavy atom. The van der Waals surface area contributed by atoms with E-state index in [4.69, 9.17) is 15.5 Å². The normalized spacial score (nSPS) is 39.2. The smallest absolute Gasteiger partial charge is 0.262 e. The van der Waals surface area contributed by atoms with Gasteiger partial charge in [-0.2, -0.15) is 0 Å². The van der Waals surface area contributed by atoms with Crippen molar-refractivity contribution in [1.29, 1.82) is 0 Å². The summed E-state index contributed by atoms with van der Waals surface area (Å²) in [5, 5.41) is 0. The van der Waals surface area contributed by atoms with Crippen LogP contribution < -0.4 is 10.5 Å². The molecule has 0 aromatic heterocycles. The highest BCUT2D eigenvalue weighted by Crippen LogP contribution is 2.66. The SMILES string of the molecule is COc1ccc([C@]2([C@]34CCC5CCC(CC5C3)C4)N=C(N)N(C)C2=O)cc1C. The van der Waals surface area contributed by atoms with Gasteiger partial charge in [-0.15, -0.1) is 0 Å². The van der Waals surface area contributed by atoms with E-state index in [1.807, 2.05) is 19.1 Å². The van der Waals surface area contributed by atoms with Gasteiger partial charge >= 0.3 is 0 Å². The number of carbonyl (C=O) groups excluding carboxylic acids is 1. The van der Waals surface area contributed by atoms with Crippen LogP contribution >= 0.6 is 0 Å². The van der Waals surface area contributed by atoms with Gasteiger partial charge in [0, 0.05) is 12.5 Å². The highest BCUT2D eigenvalue weighted by Gasteiger charge is 2.65. The summed E-state index contributed by atoms with van der Waals surface area (Å²) >= 11 is 0. The molecule has 28 heavy (non-hydrogen) atoms. The van der Waals surface area contributed by atoms with Crippen LogP contribution in [0.15, 0.2) is 23.2 Å². The van der Waals surface area contributed by atoms with Crippen molar-refractivity contribution in [3.63, 3.8) is 0 Å². The van der Waals surface area contributed by atoms with E-state index in [1.54, 1.807) is 19.1 Å². The molecule has 5 nitrogen and oxygen atoms in total. The van der Waals surface area contributed by atoms with Crippen LogP contribution in [0.2, 0.25) is 0 Å². The topological polar surface area (TPSA) is 67.9 Å². The minimum Gasteiger partial charge on any atom is -0.496 e. The number of hydrogen-bond acceptors (Lipinski definition) is 4. The van der Waals surface area contributed by atoms with Gasteiger partial charge < -0.3 is 10.5 Å². The fourth-order valence-corrected chi connectivity index (χ4v) is 7.10. The minimum absolute atomic E-state index is 0.0491. The van der Waals surface area contributed by atoms with Crippen LogP contribution in [-0.4, -0.2) is 30.9 Å². The summed E-state index contributed by atoms with van der Waals surface area (Å²) in [5.74, 6) is 3.55. The van der Waals surface area contributed by atoms with Gasteiger partial charge in [-0.3, -0.25) is 9.69 Å². The van der Waals surface area contributed by atoms with Gasteiger partial charge in [0.15, 0.2) is 11.5 Å². The first-order valence-electron chi connectivity index (χ1n) is 10.7. The fourth-order valence-electron chi connectivity index (χ4n) is 7.10. The Kier molecular flexibility index (Phi) is 3.85. The average molecular weight is 382 g/mol. The van der Waals surface area contributed by atoms with Crippen LogP contribution in [0.3, 0.4) is 0 Å². The summed E-state index contributed by atoms with van der Waals surface area (Å²) in [7, 11) is 3.45. The molecule has 1 aromatic carbocycles. The zero-order chi connectivity index (χ0) is 19.7. The summed E-state index contributed by atoms with van der Waals surface area (Å²) in [5.41, 5.74) is 7.27. The molecular weight excluding hydrogens is 350 g/mol. The number of amides is 1. The molecule has 1 aromatic rings. The molecule has 1 amide bonds. The van der Waals surface area contributed by atoms with E-state index < -0.39 is 5.54 Å². The maximum Gasteiger partial charge on any atom is 0.262 e. The second-order valence-corrected chi connectivity index (χ2v) is 9.66. The molecule has 3 bridgehead atoms. The number of likely N-dealkylation sites (N-methyl/N-ethyl adjacent to an activating group) is 1. The number of rotatable bonds is 3. The fraction of sp³-hybridized carbons (Fsp3) is 0.652. The van der Waals surface area contributed by atoms with Crippen molar-refractivity contribution in [3.8, 4) is 5.75 Å². The largest absolute Gasteiger partial charge is 0.496 e. The summed E-state index contributed by atoms with van der Waals surface area (Å²) in [6.07, 6.45) is 8.52. The third-order valence-corrected chi connectivity index (χ3v) is 8.39. The highest BCUT2D eigenvalue weighted by molar-refractivity contribution is 6.07. The van der Waals surface area contributed by atoms with Crippen molar-refractivity contribution in [1.82, 2.24) is 4.90 Å². The lowest BCUT2D eigenvalue weighted by Gasteiger charge is -2.59. The van der Waals surface area contributed by atoms with Gasteiger partial charge in [0.1, 0.15) is 5.75 Å². The summed E-state index contributed by atoms with van der Waals surface area (Å²) in [6.45, 7) is 2.04. The lowest BCUT2D eigenvalue weighted by molar-refractivity contribution is -0.145. The Hall–Kier alpha value is -2.04. The number of nitrogens with zero attached hydrogens (tertiary/aromatic N) is 2. The van der Waals surface area contributed by atoms with Crippen LogP contribution in [-0.2, 0) is 10.3 Å². The molecule has 150 valence electrons. The van der Waals surface area contributed by atoms with Crippen LogP contribution in [0.1, 0.15) is 56.1 Å². The third kappa shape index (κ3) is 2.19. The maximum atomic E-state index is 13.8. The number of benzene rings is 1. The predicted molar refractivity (Wildman–Crippen MR) is 109 cm³/mol. The Labute approximate surface area is 167 Å². The first-order chi connectivity index (χ1) is 13.4. The van der Waals surface area contributed by atoms with Crippen LogP contribution in [0, 0.1) is 30.1 Å². The zero-order valence-corrected chi connectivity index (χ0v) is 17.2. The minimum atomic E-state index is -0.887. The Balaban J connectivity index is 1.70. The maximum absolute atomic E-state index is 13.8. The number of hydrogen-bond donors (Lipinski definition) is 1. The Morgan fingerprint density at radius 1 is 1.21 bits per heavy atom. The molecule has 1 heterocycles. The molecule has 0 saturated heterocycles. The average Bonchev–Trinajstić information content (AvgIpc) is 2.91. The van der Waals surface area contributed by atoms with Crippen molar-refractivity contribution in [2.75, 3.05) is 14.2 Å². The molecule has 3 fully saturated rings. The number of aliphatic imine (C=N–C) groups is 1. The van der Waals surface area contributed by atoms with Crippen molar-refractivity contribution >= 4 is 11.9 Å². The highest BCUT2D eigenvalue weighted by atomic mass is 16.5. The van der Waals surface area contributed by atoms with Gasteiger partial charge in [0.25, 0.3) is 5.91 Å².